The number of likely N-dealkylation sites (tertiary alicyclic amines) is 1. The largest absolute Gasteiger partial charge is 0.394 e. The van der Waals surface area contributed by atoms with Gasteiger partial charge in [-0.15, -0.1) is 0 Å². The lowest BCUT2D eigenvalue weighted by Crippen LogP contribution is -2.42. The van der Waals surface area contributed by atoms with E-state index in [1.165, 1.54) is 6.42 Å². The summed E-state index contributed by atoms with van der Waals surface area (Å²) in [4.78, 5) is 14.0. The van der Waals surface area contributed by atoms with Crippen molar-refractivity contribution in [2.45, 2.75) is 51.5 Å². The van der Waals surface area contributed by atoms with E-state index in [2.05, 4.69) is 6.92 Å². The van der Waals surface area contributed by atoms with Gasteiger partial charge >= 0.3 is 0 Å². The van der Waals surface area contributed by atoms with Gasteiger partial charge in [0.1, 0.15) is 0 Å². The molecule has 1 aliphatic rings. The number of aliphatic hydroxyl groups is 1. The lowest BCUT2D eigenvalue weighted by atomic mass is 10.0. The first kappa shape index (κ1) is 14.5. The molecule has 1 saturated heterocycles. The SMILES string of the molecule is CC(CN)CCC(=O)N1CCCCCC1CO. The summed E-state index contributed by atoms with van der Waals surface area (Å²) in [6.07, 6.45) is 5.70. The van der Waals surface area contributed by atoms with Gasteiger partial charge in [0.2, 0.25) is 5.91 Å². The summed E-state index contributed by atoms with van der Waals surface area (Å²) in [5.41, 5.74) is 5.55. The predicted molar refractivity (Wildman–Crippen MR) is 68.5 cm³/mol. The molecule has 4 heteroatoms. The maximum Gasteiger partial charge on any atom is 0.222 e. The van der Waals surface area contributed by atoms with E-state index in [-0.39, 0.29) is 18.6 Å². The van der Waals surface area contributed by atoms with Crippen molar-refractivity contribution in [3.05, 3.63) is 0 Å². The van der Waals surface area contributed by atoms with Crippen molar-refractivity contribution in [3.63, 3.8) is 0 Å². The van der Waals surface area contributed by atoms with E-state index in [1.54, 1.807) is 0 Å². The number of hydrogen-bond acceptors (Lipinski definition) is 3. The zero-order chi connectivity index (χ0) is 12.7. The first-order chi connectivity index (χ1) is 8.19. The summed E-state index contributed by atoms with van der Waals surface area (Å²) in [7, 11) is 0. The lowest BCUT2D eigenvalue weighted by molar-refractivity contribution is -0.134. The first-order valence-electron chi connectivity index (χ1n) is 6.79. The van der Waals surface area contributed by atoms with Gasteiger partial charge in [0, 0.05) is 13.0 Å². The Bertz CT molecular complexity index is 233. The number of carbonyl (C=O) groups is 1. The number of nitrogens with two attached hydrogens (primary N) is 1. The molecule has 0 aliphatic carbocycles. The van der Waals surface area contributed by atoms with Crippen LogP contribution in [0.15, 0.2) is 0 Å². The molecule has 2 unspecified atom stereocenters. The van der Waals surface area contributed by atoms with Crippen molar-refractivity contribution in [3.8, 4) is 0 Å². The Morgan fingerprint density at radius 2 is 2.24 bits per heavy atom. The minimum absolute atomic E-state index is 0.0400. The van der Waals surface area contributed by atoms with Gasteiger partial charge in [-0.1, -0.05) is 19.8 Å². The number of carbonyl (C=O) groups excluding carboxylic acids is 1. The number of rotatable bonds is 5. The molecule has 0 spiro atoms. The molecule has 3 N–H and O–H groups in total. The minimum Gasteiger partial charge on any atom is -0.394 e. The minimum atomic E-state index is 0.0400. The second-order valence-electron chi connectivity index (χ2n) is 5.15. The number of hydrogen-bond donors (Lipinski definition) is 2. The summed E-state index contributed by atoms with van der Waals surface area (Å²) in [5.74, 6) is 0.588. The summed E-state index contributed by atoms with van der Waals surface area (Å²) >= 11 is 0. The van der Waals surface area contributed by atoms with E-state index in [0.717, 1.165) is 32.2 Å². The van der Waals surface area contributed by atoms with Crippen LogP contribution in [0.3, 0.4) is 0 Å². The maximum atomic E-state index is 12.1. The second kappa shape index (κ2) is 7.67. The van der Waals surface area contributed by atoms with E-state index in [1.807, 2.05) is 4.90 Å². The van der Waals surface area contributed by atoms with Gasteiger partial charge < -0.3 is 15.7 Å². The highest BCUT2D eigenvalue weighted by atomic mass is 16.3. The zero-order valence-electron chi connectivity index (χ0n) is 10.9. The van der Waals surface area contributed by atoms with Crippen LogP contribution in [0.5, 0.6) is 0 Å². The molecule has 1 amide bonds. The van der Waals surface area contributed by atoms with Crippen LogP contribution < -0.4 is 5.73 Å². The fourth-order valence-electron chi connectivity index (χ4n) is 2.33. The highest BCUT2D eigenvalue weighted by molar-refractivity contribution is 5.76. The number of nitrogens with zero attached hydrogens (tertiary/aromatic N) is 1. The maximum absolute atomic E-state index is 12.1. The van der Waals surface area contributed by atoms with E-state index < -0.39 is 0 Å². The van der Waals surface area contributed by atoms with Gasteiger partial charge in [-0.2, -0.15) is 0 Å². The number of amides is 1. The Hall–Kier alpha value is -0.610. The first-order valence-corrected chi connectivity index (χ1v) is 6.79. The van der Waals surface area contributed by atoms with Crippen molar-refractivity contribution in [2.24, 2.45) is 11.7 Å². The molecule has 1 rings (SSSR count). The average Bonchev–Trinajstić information content (AvgIpc) is 2.60. The van der Waals surface area contributed by atoms with Gasteiger partial charge in [0.05, 0.1) is 12.6 Å². The highest BCUT2D eigenvalue weighted by Gasteiger charge is 2.24. The van der Waals surface area contributed by atoms with Crippen LogP contribution in [0.1, 0.15) is 45.4 Å². The van der Waals surface area contributed by atoms with Crippen LogP contribution in [0.4, 0.5) is 0 Å². The third-order valence-electron chi connectivity index (χ3n) is 3.66. The topological polar surface area (TPSA) is 66.6 Å². The molecule has 100 valence electrons. The smallest absolute Gasteiger partial charge is 0.222 e. The van der Waals surface area contributed by atoms with Crippen molar-refractivity contribution in [2.75, 3.05) is 19.7 Å². The molecular formula is C13H26N2O2. The van der Waals surface area contributed by atoms with Crippen molar-refractivity contribution < 1.29 is 9.90 Å². The monoisotopic (exact) mass is 242 g/mol. The molecule has 0 aromatic rings. The molecule has 0 aromatic heterocycles. The Morgan fingerprint density at radius 3 is 2.88 bits per heavy atom. The fraction of sp³-hybridized carbons (Fsp3) is 0.923. The third-order valence-corrected chi connectivity index (χ3v) is 3.66. The summed E-state index contributed by atoms with van der Waals surface area (Å²) in [6.45, 7) is 3.61. The molecule has 4 nitrogen and oxygen atoms in total. The van der Waals surface area contributed by atoms with Crippen LogP contribution in [-0.4, -0.2) is 41.7 Å². The molecule has 0 radical (unpaired) electrons. The van der Waals surface area contributed by atoms with E-state index >= 15 is 0 Å². The Labute approximate surface area is 104 Å². The molecule has 17 heavy (non-hydrogen) atoms. The Balaban J connectivity index is 2.46. The third kappa shape index (κ3) is 4.64. The van der Waals surface area contributed by atoms with Crippen LogP contribution in [-0.2, 0) is 4.79 Å². The van der Waals surface area contributed by atoms with Gasteiger partial charge in [-0.25, -0.2) is 0 Å². The molecule has 0 aromatic carbocycles. The van der Waals surface area contributed by atoms with Gasteiger partial charge in [-0.3, -0.25) is 4.79 Å². The average molecular weight is 242 g/mol. The van der Waals surface area contributed by atoms with Gasteiger partial charge in [-0.05, 0) is 31.7 Å². The Morgan fingerprint density at radius 1 is 1.47 bits per heavy atom. The molecule has 1 fully saturated rings. The van der Waals surface area contributed by atoms with Crippen LogP contribution >= 0.6 is 0 Å². The zero-order valence-corrected chi connectivity index (χ0v) is 10.9. The fourth-order valence-corrected chi connectivity index (χ4v) is 2.33. The molecule has 0 saturated carbocycles. The number of aliphatic hydroxyl groups excluding tert-OH is 1. The second-order valence-corrected chi connectivity index (χ2v) is 5.15. The Kier molecular flexibility index (Phi) is 6.52. The van der Waals surface area contributed by atoms with Gasteiger partial charge in [0.25, 0.3) is 0 Å². The van der Waals surface area contributed by atoms with Crippen LogP contribution in [0, 0.1) is 5.92 Å². The van der Waals surface area contributed by atoms with Crippen LogP contribution in [0.2, 0.25) is 0 Å². The van der Waals surface area contributed by atoms with Crippen LogP contribution in [0.25, 0.3) is 0 Å². The molecule has 2 atom stereocenters. The molecular weight excluding hydrogens is 216 g/mol. The highest BCUT2D eigenvalue weighted by Crippen LogP contribution is 2.18. The molecule has 0 bridgehead atoms. The summed E-state index contributed by atoms with van der Waals surface area (Å²) < 4.78 is 0. The van der Waals surface area contributed by atoms with E-state index in [9.17, 15) is 9.90 Å². The predicted octanol–water partition coefficient (Wildman–Crippen LogP) is 1.12. The normalized spacial score (nSPS) is 23.2. The molecule has 1 aliphatic heterocycles. The van der Waals surface area contributed by atoms with Crippen molar-refractivity contribution in [1.82, 2.24) is 4.90 Å². The van der Waals surface area contributed by atoms with Gasteiger partial charge in [0.15, 0.2) is 0 Å². The summed E-state index contributed by atoms with van der Waals surface area (Å²) in [5, 5.41) is 9.35. The lowest BCUT2D eigenvalue weighted by Gasteiger charge is -2.29. The quantitative estimate of drug-likeness (QED) is 0.759. The summed E-state index contributed by atoms with van der Waals surface area (Å²) in [6, 6.07) is 0.0400. The van der Waals surface area contributed by atoms with Crippen molar-refractivity contribution in [1.29, 1.82) is 0 Å². The van der Waals surface area contributed by atoms with Crippen molar-refractivity contribution >= 4 is 5.91 Å². The van der Waals surface area contributed by atoms with E-state index in [4.69, 9.17) is 5.73 Å². The molecule has 1 heterocycles. The van der Waals surface area contributed by atoms with E-state index in [0.29, 0.717) is 18.9 Å². The standard InChI is InChI=1S/C13H26N2O2/c1-11(9-14)6-7-13(17)15-8-4-2-3-5-12(15)10-16/h11-12,16H,2-10,14H2,1H3.